The molecule has 0 aromatic carbocycles. The summed E-state index contributed by atoms with van der Waals surface area (Å²) in [5.74, 6) is 8.36. The van der Waals surface area contributed by atoms with Crippen LogP contribution in [0.5, 0.6) is 0 Å². The number of hydrogen-bond acceptors (Lipinski definition) is 5. The van der Waals surface area contributed by atoms with Crippen LogP contribution >= 0.6 is 11.8 Å². The first kappa shape index (κ1) is 13.1. The Balaban J connectivity index is 2.39. The maximum atomic E-state index is 5.30. The van der Waals surface area contributed by atoms with Crippen molar-refractivity contribution in [3.63, 3.8) is 0 Å². The van der Waals surface area contributed by atoms with Crippen LogP contribution in [-0.2, 0) is 0 Å². The smallest absolute Gasteiger partial charge is 0.141 e. The molecule has 1 rings (SSSR count). The molecule has 1 aromatic heterocycles. The highest BCUT2D eigenvalue weighted by molar-refractivity contribution is 7.99. The highest BCUT2D eigenvalue weighted by Gasteiger charge is 2.02. The Bertz CT molecular complexity index is 306. The minimum Gasteiger partial charge on any atom is -0.382 e. The van der Waals surface area contributed by atoms with Gasteiger partial charge in [0.2, 0.25) is 0 Å². The Morgan fingerprint density at radius 2 is 2.38 bits per heavy atom. The van der Waals surface area contributed by atoms with Crippen LogP contribution in [0, 0.1) is 0 Å². The van der Waals surface area contributed by atoms with Gasteiger partial charge in [0.25, 0.3) is 0 Å². The van der Waals surface area contributed by atoms with Crippen molar-refractivity contribution in [1.82, 2.24) is 4.98 Å². The topological polar surface area (TPSA) is 63.0 Å². The van der Waals surface area contributed by atoms with Crippen molar-refractivity contribution in [3.05, 3.63) is 18.3 Å². The van der Waals surface area contributed by atoms with Gasteiger partial charge in [0.15, 0.2) is 0 Å². The van der Waals surface area contributed by atoms with Gasteiger partial charge >= 0.3 is 0 Å². The summed E-state index contributed by atoms with van der Waals surface area (Å²) < 4.78 is 0. The molecular weight excluding hydrogens is 220 g/mol. The molecule has 0 aliphatic carbocycles. The zero-order valence-corrected chi connectivity index (χ0v) is 10.7. The van der Waals surface area contributed by atoms with Gasteiger partial charge < -0.3 is 10.7 Å². The first-order chi connectivity index (χ1) is 7.76. The lowest BCUT2D eigenvalue weighted by molar-refractivity contribution is 0.771. The molecule has 0 aliphatic rings. The van der Waals surface area contributed by atoms with Crippen LogP contribution in [0.25, 0.3) is 0 Å². The third kappa shape index (κ3) is 4.72. The number of hydrazine groups is 1. The molecule has 1 heterocycles. The number of anilines is 2. The van der Waals surface area contributed by atoms with E-state index in [0.717, 1.165) is 12.1 Å². The number of pyridine rings is 1. The standard InChI is InChI=1S/C11H20N4S/c1-3-16-7-5-9(2)14-10-4-6-13-11(8-10)15-12/h4,6,8-9H,3,5,7,12H2,1-2H3,(H2,13,14,15). The van der Waals surface area contributed by atoms with Crippen LogP contribution < -0.4 is 16.6 Å². The van der Waals surface area contributed by atoms with Crippen molar-refractivity contribution in [1.29, 1.82) is 0 Å². The summed E-state index contributed by atoms with van der Waals surface area (Å²) in [6, 6.07) is 4.32. The fraction of sp³-hybridized carbons (Fsp3) is 0.545. The van der Waals surface area contributed by atoms with Crippen molar-refractivity contribution in [2.24, 2.45) is 5.84 Å². The Kier molecular flexibility index (Phi) is 6.03. The summed E-state index contributed by atoms with van der Waals surface area (Å²) in [6.45, 7) is 4.37. The van der Waals surface area contributed by atoms with E-state index >= 15 is 0 Å². The first-order valence-corrected chi connectivity index (χ1v) is 6.68. The molecule has 0 spiro atoms. The summed E-state index contributed by atoms with van der Waals surface area (Å²) in [7, 11) is 0. The van der Waals surface area contributed by atoms with Gasteiger partial charge in [-0.2, -0.15) is 11.8 Å². The first-order valence-electron chi connectivity index (χ1n) is 5.53. The molecule has 0 saturated heterocycles. The van der Waals surface area contributed by atoms with Gasteiger partial charge in [0.05, 0.1) is 0 Å². The summed E-state index contributed by atoms with van der Waals surface area (Å²) in [4.78, 5) is 4.06. The fourth-order valence-electron chi connectivity index (χ4n) is 1.36. The maximum absolute atomic E-state index is 5.30. The number of aromatic nitrogens is 1. The second-order valence-corrected chi connectivity index (χ2v) is 5.00. The zero-order valence-electron chi connectivity index (χ0n) is 9.86. The van der Waals surface area contributed by atoms with Gasteiger partial charge in [0.1, 0.15) is 5.82 Å². The van der Waals surface area contributed by atoms with Crippen LogP contribution in [0.2, 0.25) is 0 Å². The number of thioether (sulfide) groups is 1. The number of rotatable bonds is 7. The summed E-state index contributed by atoms with van der Waals surface area (Å²) in [5, 5.41) is 3.43. The van der Waals surface area contributed by atoms with Gasteiger partial charge in [-0.25, -0.2) is 10.8 Å². The molecule has 5 heteroatoms. The highest BCUT2D eigenvalue weighted by Crippen LogP contribution is 2.14. The van der Waals surface area contributed by atoms with Crippen LogP contribution in [0.1, 0.15) is 20.3 Å². The van der Waals surface area contributed by atoms with E-state index in [1.165, 1.54) is 11.5 Å². The van der Waals surface area contributed by atoms with Crippen molar-refractivity contribution in [2.75, 3.05) is 22.2 Å². The van der Waals surface area contributed by atoms with Crippen LogP contribution in [-0.4, -0.2) is 22.5 Å². The van der Waals surface area contributed by atoms with E-state index in [2.05, 4.69) is 29.6 Å². The normalized spacial score (nSPS) is 12.2. The summed E-state index contributed by atoms with van der Waals surface area (Å²) in [6.07, 6.45) is 2.90. The van der Waals surface area contributed by atoms with Gasteiger partial charge in [0, 0.05) is 24.0 Å². The fourth-order valence-corrected chi connectivity index (χ4v) is 2.17. The Morgan fingerprint density at radius 3 is 3.06 bits per heavy atom. The van der Waals surface area contributed by atoms with Gasteiger partial charge in [-0.3, -0.25) is 0 Å². The van der Waals surface area contributed by atoms with Crippen molar-refractivity contribution < 1.29 is 0 Å². The van der Waals surface area contributed by atoms with E-state index in [4.69, 9.17) is 5.84 Å². The third-order valence-electron chi connectivity index (χ3n) is 2.22. The molecule has 4 nitrogen and oxygen atoms in total. The van der Waals surface area contributed by atoms with Crippen LogP contribution in [0.15, 0.2) is 18.3 Å². The van der Waals surface area contributed by atoms with Crippen molar-refractivity contribution in [2.45, 2.75) is 26.3 Å². The lowest BCUT2D eigenvalue weighted by Crippen LogP contribution is -2.16. The molecule has 90 valence electrons. The predicted octanol–water partition coefficient (Wildman–Crippen LogP) is 2.31. The van der Waals surface area contributed by atoms with Crippen molar-refractivity contribution in [3.8, 4) is 0 Å². The lowest BCUT2D eigenvalue weighted by Gasteiger charge is -2.15. The van der Waals surface area contributed by atoms with Crippen LogP contribution in [0.3, 0.4) is 0 Å². The van der Waals surface area contributed by atoms with E-state index < -0.39 is 0 Å². The molecule has 0 aliphatic heterocycles. The SMILES string of the molecule is CCSCCC(C)Nc1ccnc(NN)c1. The van der Waals surface area contributed by atoms with E-state index in [1.54, 1.807) is 6.20 Å². The molecule has 0 fully saturated rings. The third-order valence-corrected chi connectivity index (χ3v) is 3.15. The Hall–Kier alpha value is -0.940. The quantitative estimate of drug-likeness (QED) is 0.388. The molecule has 1 atom stereocenters. The monoisotopic (exact) mass is 240 g/mol. The molecule has 0 saturated carbocycles. The maximum Gasteiger partial charge on any atom is 0.141 e. The molecule has 0 bridgehead atoms. The minimum absolute atomic E-state index is 0.465. The summed E-state index contributed by atoms with van der Waals surface area (Å²) in [5.41, 5.74) is 3.59. The molecular formula is C11H20N4S. The molecule has 1 aromatic rings. The molecule has 16 heavy (non-hydrogen) atoms. The Labute approximate surface area is 101 Å². The molecule has 4 N–H and O–H groups in total. The molecule has 0 radical (unpaired) electrons. The second-order valence-electron chi connectivity index (χ2n) is 3.61. The molecule has 0 amide bonds. The number of hydrogen-bond donors (Lipinski definition) is 3. The number of nitrogens with two attached hydrogens (primary N) is 1. The lowest BCUT2D eigenvalue weighted by atomic mass is 10.2. The van der Waals surface area contributed by atoms with Crippen molar-refractivity contribution >= 4 is 23.3 Å². The average Bonchev–Trinajstić information content (AvgIpc) is 2.29. The largest absolute Gasteiger partial charge is 0.382 e. The molecule has 1 unspecified atom stereocenters. The van der Waals surface area contributed by atoms with Crippen LogP contribution in [0.4, 0.5) is 11.5 Å². The summed E-state index contributed by atoms with van der Waals surface area (Å²) >= 11 is 1.97. The number of nitrogens with zero attached hydrogens (tertiary/aromatic N) is 1. The number of nitrogen functional groups attached to an aromatic ring is 1. The highest BCUT2D eigenvalue weighted by atomic mass is 32.2. The number of nitrogens with one attached hydrogen (secondary N) is 2. The second kappa shape index (κ2) is 7.35. The van der Waals surface area contributed by atoms with Gasteiger partial charge in [-0.05, 0) is 30.9 Å². The predicted molar refractivity (Wildman–Crippen MR) is 72.7 cm³/mol. The Morgan fingerprint density at radius 1 is 1.56 bits per heavy atom. The van der Waals surface area contributed by atoms with Gasteiger partial charge in [-0.1, -0.05) is 6.92 Å². The zero-order chi connectivity index (χ0) is 11.8. The van der Waals surface area contributed by atoms with E-state index in [0.29, 0.717) is 11.9 Å². The van der Waals surface area contributed by atoms with Gasteiger partial charge in [-0.15, -0.1) is 0 Å². The van der Waals surface area contributed by atoms with E-state index in [-0.39, 0.29) is 0 Å². The average molecular weight is 240 g/mol. The van der Waals surface area contributed by atoms with E-state index in [1.807, 2.05) is 23.9 Å². The van der Waals surface area contributed by atoms with E-state index in [9.17, 15) is 0 Å². The minimum atomic E-state index is 0.465.